The summed E-state index contributed by atoms with van der Waals surface area (Å²) in [6, 6.07) is 1.37. The Morgan fingerprint density at radius 1 is 1.29 bits per heavy atom. The molecule has 0 aromatic heterocycles. The number of hydrogen-bond acceptors (Lipinski definition) is 1. The van der Waals surface area contributed by atoms with E-state index < -0.39 is 0 Å². The van der Waals surface area contributed by atoms with Crippen molar-refractivity contribution in [3.63, 3.8) is 0 Å². The smallest absolute Gasteiger partial charge is 0.00753 e. The molecule has 0 aromatic carbocycles. The molecule has 0 amide bonds. The number of nitrogens with one attached hydrogen (secondary N) is 1. The molecule has 5 atom stereocenters. The van der Waals surface area contributed by atoms with Gasteiger partial charge in [-0.05, 0) is 50.9 Å². The van der Waals surface area contributed by atoms with Gasteiger partial charge in [0.05, 0.1) is 0 Å². The van der Waals surface area contributed by atoms with E-state index in [1.807, 2.05) is 0 Å². The molecule has 1 fully saturated rings. The van der Waals surface area contributed by atoms with Gasteiger partial charge >= 0.3 is 0 Å². The Morgan fingerprint density at radius 2 is 2.07 bits per heavy atom. The Kier molecular flexibility index (Phi) is 2.96. The van der Waals surface area contributed by atoms with Crippen molar-refractivity contribution in [3.8, 4) is 0 Å². The zero-order chi connectivity index (χ0) is 10.1. The van der Waals surface area contributed by atoms with Gasteiger partial charge in [-0.3, -0.25) is 0 Å². The Bertz CT molecular complexity index is 221. The molecular weight excluding hydrogens is 170 g/mol. The van der Waals surface area contributed by atoms with Gasteiger partial charge in [-0.1, -0.05) is 19.1 Å². The van der Waals surface area contributed by atoms with Gasteiger partial charge in [0, 0.05) is 12.1 Å². The topological polar surface area (TPSA) is 12.0 Å². The highest BCUT2D eigenvalue weighted by Crippen LogP contribution is 2.44. The van der Waals surface area contributed by atoms with Crippen molar-refractivity contribution in [2.24, 2.45) is 17.8 Å². The van der Waals surface area contributed by atoms with Crippen molar-refractivity contribution < 1.29 is 0 Å². The fraction of sp³-hybridized carbons (Fsp3) is 0.846. The minimum absolute atomic E-state index is 0.674. The largest absolute Gasteiger partial charge is 0.311 e. The first kappa shape index (κ1) is 10.2. The molecule has 14 heavy (non-hydrogen) atoms. The van der Waals surface area contributed by atoms with Gasteiger partial charge < -0.3 is 5.32 Å². The second-order valence-corrected chi connectivity index (χ2v) is 5.21. The van der Waals surface area contributed by atoms with E-state index in [1.165, 1.54) is 19.3 Å². The molecule has 1 saturated carbocycles. The SMILES string of the molecule is CCC(C)NC(C)C1CC2C=CC1C2. The zero-order valence-corrected chi connectivity index (χ0v) is 9.66. The third-order valence-corrected chi connectivity index (χ3v) is 4.13. The molecule has 1 nitrogen and oxygen atoms in total. The van der Waals surface area contributed by atoms with Gasteiger partial charge in [0.15, 0.2) is 0 Å². The highest BCUT2D eigenvalue weighted by Gasteiger charge is 2.38. The molecule has 0 heterocycles. The summed E-state index contributed by atoms with van der Waals surface area (Å²) in [4.78, 5) is 0. The fourth-order valence-electron chi connectivity index (χ4n) is 3.09. The molecule has 5 unspecified atom stereocenters. The van der Waals surface area contributed by atoms with Crippen molar-refractivity contribution in [2.45, 2.75) is 52.1 Å². The second kappa shape index (κ2) is 4.06. The van der Waals surface area contributed by atoms with Crippen LogP contribution in [-0.4, -0.2) is 12.1 Å². The Balaban J connectivity index is 1.87. The van der Waals surface area contributed by atoms with Crippen LogP contribution in [0.1, 0.15) is 40.0 Å². The van der Waals surface area contributed by atoms with Crippen LogP contribution >= 0.6 is 0 Å². The van der Waals surface area contributed by atoms with Gasteiger partial charge in [-0.15, -0.1) is 0 Å². The molecule has 2 rings (SSSR count). The lowest BCUT2D eigenvalue weighted by Crippen LogP contribution is -2.40. The summed E-state index contributed by atoms with van der Waals surface area (Å²) in [5.41, 5.74) is 0. The molecule has 0 aliphatic heterocycles. The first-order valence-electron chi connectivity index (χ1n) is 6.15. The average molecular weight is 193 g/mol. The summed E-state index contributed by atoms with van der Waals surface area (Å²) >= 11 is 0. The van der Waals surface area contributed by atoms with Gasteiger partial charge in [-0.25, -0.2) is 0 Å². The van der Waals surface area contributed by atoms with E-state index in [0.717, 1.165) is 17.8 Å². The third-order valence-electron chi connectivity index (χ3n) is 4.13. The summed E-state index contributed by atoms with van der Waals surface area (Å²) in [5.74, 6) is 2.69. The standard InChI is InChI=1S/C13H23N/c1-4-9(2)14-10(3)13-8-11-5-6-12(13)7-11/h5-6,9-14H,4,7-8H2,1-3H3. The number of hydrogen-bond donors (Lipinski definition) is 1. The van der Waals surface area contributed by atoms with E-state index in [4.69, 9.17) is 0 Å². The third kappa shape index (κ3) is 1.88. The molecule has 0 spiro atoms. The van der Waals surface area contributed by atoms with Crippen molar-refractivity contribution >= 4 is 0 Å². The quantitative estimate of drug-likeness (QED) is 0.677. The van der Waals surface area contributed by atoms with Gasteiger partial charge in [0.1, 0.15) is 0 Å². The Hall–Kier alpha value is -0.300. The summed E-state index contributed by atoms with van der Waals surface area (Å²) in [7, 11) is 0. The average Bonchev–Trinajstić information content (AvgIpc) is 2.78. The second-order valence-electron chi connectivity index (χ2n) is 5.21. The van der Waals surface area contributed by atoms with Crippen molar-refractivity contribution in [1.82, 2.24) is 5.32 Å². The van der Waals surface area contributed by atoms with E-state index >= 15 is 0 Å². The molecule has 0 radical (unpaired) electrons. The minimum Gasteiger partial charge on any atom is -0.311 e. The molecule has 0 aromatic rings. The summed E-state index contributed by atoms with van der Waals surface area (Å²) in [5, 5.41) is 3.72. The predicted molar refractivity (Wildman–Crippen MR) is 61.2 cm³/mol. The Labute approximate surface area is 88.0 Å². The maximum atomic E-state index is 3.72. The summed E-state index contributed by atoms with van der Waals surface area (Å²) < 4.78 is 0. The predicted octanol–water partition coefficient (Wildman–Crippen LogP) is 2.98. The van der Waals surface area contributed by atoms with Crippen LogP contribution in [0, 0.1) is 17.8 Å². The van der Waals surface area contributed by atoms with Crippen LogP contribution in [0.5, 0.6) is 0 Å². The van der Waals surface area contributed by atoms with E-state index in [-0.39, 0.29) is 0 Å². The van der Waals surface area contributed by atoms with Gasteiger partial charge in [0.25, 0.3) is 0 Å². The van der Waals surface area contributed by atoms with Crippen LogP contribution in [0.2, 0.25) is 0 Å². The molecular formula is C13H23N. The number of rotatable bonds is 4. The first-order valence-corrected chi connectivity index (χ1v) is 6.15. The van der Waals surface area contributed by atoms with Crippen molar-refractivity contribution in [2.75, 3.05) is 0 Å². The highest BCUT2D eigenvalue weighted by molar-refractivity contribution is 5.11. The molecule has 2 aliphatic rings. The Morgan fingerprint density at radius 3 is 2.57 bits per heavy atom. The molecule has 2 aliphatic carbocycles. The normalized spacial score (nSPS) is 38.9. The molecule has 1 heteroatoms. The monoisotopic (exact) mass is 193 g/mol. The van der Waals surface area contributed by atoms with Crippen LogP contribution in [0.25, 0.3) is 0 Å². The lowest BCUT2D eigenvalue weighted by molar-refractivity contribution is 0.303. The van der Waals surface area contributed by atoms with Crippen molar-refractivity contribution in [1.29, 1.82) is 0 Å². The summed E-state index contributed by atoms with van der Waals surface area (Å²) in [6.07, 6.45) is 8.97. The lowest BCUT2D eigenvalue weighted by atomic mass is 9.87. The van der Waals surface area contributed by atoms with Crippen LogP contribution in [-0.2, 0) is 0 Å². The number of fused-ring (bicyclic) bond motifs is 2. The van der Waals surface area contributed by atoms with Gasteiger partial charge in [-0.2, -0.15) is 0 Å². The molecule has 80 valence electrons. The van der Waals surface area contributed by atoms with Crippen LogP contribution in [0.4, 0.5) is 0 Å². The lowest BCUT2D eigenvalue weighted by Gasteiger charge is -2.28. The van der Waals surface area contributed by atoms with Crippen LogP contribution < -0.4 is 5.32 Å². The fourth-order valence-corrected chi connectivity index (χ4v) is 3.09. The maximum Gasteiger partial charge on any atom is 0.00753 e. The van der Waals surface area contributed by atoms with E-state index in [0.29, 0.717) is 12.1 Å². The molecule has 1 N–H and O–H groups in total. The molecule has 2 bridgehead atoms. The number of allylic oxidation sites excluding steroid dienone is 2. The van der Waals surface area contributed by atoms with Crippen LogP contribution in [0.15, 0.2) is 12.2 Å². The van der Waals surface area contributed by atoms with E-state index in [1.54, 1.807) is 0 Å². The highest BCUT2D eigenvalue weighted by atomic mass is 14.9. The zero-order valence-electron chi connectivity index (χ0n) is 9.66. The maximum absolute atomic E-state index is 3.72. The van der Waals surface area contributed by atoms with Crippen molar-refractivity contribution in [3.05, 3.63) is 12.2 Å². The van der Waals surface area contributed by atoms with E-state index in [9.17, 15) is 0 Å². The van der Waals surface area contributed by atoms with E-state index in [2.05, 4.69) is 38.2 Å². The summed E-state index contributed by atoms with van der Waals surface area (Å²) in [6.45, 7) is 6.91. The van der Waals surface area contributed by atoms with Crippen LogP contribution in [0.3, 0.4) is 0 Å². The molecule has 0 saturated heterocycles. The van der Waals surface area contributed by atoms with Gasteiger partial charge in [0.2, 0.25) is 0 Å². The first-order chi connectivity index (χ1) is 6.70. The minimum atomic E-state index is 0.674.